The molecule has 19 nitrogen and oxygen atoms in total. The number of carbonyl (C=O) groups excluding carboxylic acids is 4. The van der Waals surface area contributed by atoms with E-state index in [0.717, 1.165) is 32.9 Å². The number of hydrogen-bond acceptors (Lipinski definition) is 14. The number of carboxylic acid groups (broad SMARTS) is 1. The molecule has 3 N–H and O–H groups in total. The normalized spacial score (nSPS) is 12.2. The SMILES string of the molecule is CCC(C(=O)NC(CC(=O)O)C(C)=O)n1ccnc(N(Cc2nonc2C)c2nccn(CC(=O)NCC(=O)CN(C)CCc3ccccc3)c2=O)c1=O. The van der Waals surface area contributed by atoms with E-state index in [2.05, 4.69) is 30.9 Å². The highest BCUT2D eigenvalue weighted by molar-refractivity contribution is 5.91. The predicted octanol–water partition coefficient (Wildman–Crippen LogP) is 0.189. The maximum atomic E-state index is 14.0. The average Bonchev–Trinajstić information content (AvgIpc) is 3.54. The molecule has 0 radical (unpaired) electrons. The van der Waals surface area contributed by atoms with E-state index in [0.29, 0.717) is 12.2 Å². The van der Waals surface area contributed by atoms with Gasteiger partial charge in [0, 0.05) is 31.3 Å². The number of ketones is 2. The second-order valence-electron chi connectivity index (χ2n) is 12.5. The van der Waals surface area contributed by atoms with Gasteiger partial charge < -0.3 is 20.3 Å². The number of likely N-dealkylation sites (N-methyl/N-ethyl adjacent to an activating group) is 1. The van der Waals surface area contributed by atoms with Crippen LogP contribution in [-0.2, 0) is 43.5 Å². The summed E-state index contributed by atoms with van der Waals surface area (Å²) in [5, 5.41) is 21.7. The Bertz CT molecular complexity index is 2080. The lowest BCUT2D eigenvalue weighted by Crippen LogP contribution is -2.46. The second-order valence-corrected chi connectivity index (χ2v) is 12.5. The van der Waals surface area contributed by atoms with Crippen molar-refractivity contribution in [1.29, 1.82) is 0 Å². The van der Waals surface area contributed by atoms with E-state index < -0.39 is 59.7 Å². The van der Waals surface area contributed by atoms with Crippen LogP contribution in [-0.4, -0.2) is 101 Å². The number of hydrogen-bond donors (Lipinski definition) is 3. The predicted molar refractivity (Wildman–Crippen MR) is 192 cm³/mol. The quantitative estimate of drug-likeness (QED) is 0.109. The Labute approximate surface area is 309 Å². The number of carbonyl (C=O) groups is 5. The van der Waals surface area contributed by atoms with E-state index in [9.17, 15) is 38.7 Å². The third-order valence-electron chi connectivity index (χ3n) is 8.39. The van der Waals surface area contributed by atoms with Crippen LogP contribution in [0.25, 0.3) is 0 Å². The van der Waals surface area contributed by atoms with Crippen molar-refractivity contribution in [3.8, 4) is 0 Å². The Morgan fingerprint density at radius 2 is 1.67 bits per heavy atom. The maximum Gasteiger partial charge on any atom is 0.305 e. The molecule has 19 heteroatoms. The third-order valence-corrected chi connectivity index (χ3v) is 8.39. The molecule has 0 aliphatic carbocycles. The minimum absolute atomic E-state index is 0.0528. The fraction of sp³-hybridized carbons (Fsp3) is 0.400. The summed E-state index contributed by atoms with van der Waals surface area (Å²) in [7, 11) is 1.81. The number of amides is 2. The van der Waals surface area contributed by atoms with E-state index in [-0.39, 0.29) is 49.2 Å². The number of carboxylic acids is 1. The molecule has 0 fully saturated rings. The monoisotopic (exact) mass is 746 g/mol. The van der Waals surface area contributed by atoms with Crippen molar-refractivity contribution in [3.05, 3.63) is 92.8 Å². The first-order valence-electron chi connectivity index (χ1n) is 17.0. The van der Waals surface area contributed by atoms with Gasteiger partial charge in [-0.2, -0.15) is 0 Å². The van der Waals surface area contributed by atoms with E-state index >= 15 is 0 Å². The van der Waals surface area contributed by atoms with Gasteiger partial charge in [0.05, 0.1) is 32.1 Å². The summed E-state index contributed by atoms with van der Waals surface area (Å²) in [4.78, 5) is 101. The lowest BCUT2D eigenvalue weighted by atomic mass is 10.1. The van der Waals surface area contributed by atoms with Gasteiger partial charge in [-0.25, -0.2) is 14.6 Å². The highest BCUT2D eigenvalue weighted by Gasteiger charge is 2.29. The summed E-state index contributed by atoms with van der Waals surface area (Å²) in [5.41, 5.74) is 0.0531. The number of nitrogens with one attached hydrogen (secondary N) is 2. The fourth-order valence-corrected chi connectivity index (χ4v) is 5.44. The minimum atomic E-state index is -1.33. The summed E-state index contributed by atoms with van der Waals surface area (Å²) in [6.07, 6.45) is 5.12. The molecule has 0 bridgehead atoms. The van der Waals surface area contributed by atoms with Crippen LogP contribution < -0.4 is 26.7 Å². The largest absolute Gasteiger partial charge is 0.481 e. The minimum Gasteiger partial charge on any atom is -0.481 e. The van der Waals surface area contributed by atoms with Gasteiger partial charge in [0.2, 0.25) is 23.5 Å². The van der Waals surface area contributed by atoms with E-state index in [1.165, 1.54) is 24.8 Å². The molecule has 2 unspecified atom stereocenters. The molecule has 3 aromatic heterocycles. The van der Waals surface area contributed by atoms with Crippen LogP contribution in [0.1, 0.15) is 49.7 Å². The van der Waals surface area contributed by atoms with Crippen molar-refractivity contribution < 1.29 is 33.7 Å². The van der Waals surface area contributed by atoms with Gasteiger partial charge in [-0.15, -0.1) is 0 Å². The number of aliphatic carboxylic acids is 1. The molecule has 0 saturated carbocycles. The molecule has 4 aromatic rings. The number of Topliss-reactive ketones (excluding diaryl/α,β-unsaturated/α-hetero) is 2. The summed E-state index contributed by atoms with van der Waals surface area (Å²) in [6, 6.07) is 7.30. The molecule has 0 aliphatic rings. The zero-order valence-electron chi connectivity index (χ0n) is 30.3. The topological polar surface area (TPSA) is 245 Å². The second kappa shape index (κ2) is 18.9. The van der Waals surface area contributed by atoms with Crippen molar-refractivity contribution in [2.75, 3.05) is 31.6 Å². The van der Waals surface area contributed by atoms with Gasteiger partial charge in [-0.1, -0.05) is 47.6 Å². The zero-order chi connectivity index (χ0) is 39.4. The standard InChI is InChI=1S/C35H42N10O9/c1-5-28(33(51)39-26(23(3)46)17-30(49)50)44-16-13-37-32(35(44)53)45(20-27-22(2)40-54-41-27)31-34(52)43(15-12-36-31)21-29(48)38-18-25(47)19-42(4)14-11-24-9-7-6-8-10-24/h6-10,12-13,15-16,26,28H,5,11,14,17-21H2,1-4H3,(H,38,48)(H,39,51)(H,49,50). The molecule has 3 heterocycles. The molecule has 0 saturated heterocycles. The zero-order valence-corrected chi connectivity index (χ0v) is 30.3. The molecule has 0 aliphatic heterocycles. The number of benzene rings is 1. The molecule has 4 rings (SSSR count). The van der Waals surface area contributed by atoms with Crippen LogP contribution in [0.4, 0.5) is 11.6 Å². The van der Waals surface area contributed by atoms with E-state index in [1.54, 1.807) is 13.8 Å². The van der Waals surface area contributed by atoms with Gasteiger partial charge in [-0.05, 0) is 39.3 Å². The number of aromatic nitrogens is 6. The Morgan fingerprint density at radius 3 is 2.30 bits per heavy atom. The van der Waals surface area contributed by atoms with Crippen LogP contribution in [0.3, 0.4) is 0 Å². The Balaban J connectivity index is 1.55. The Kier molecular flexibility index (Phi) is 14.2. The summed E-state index contributed by atoms with van der Waals surface area (Å²) >= 11 is 0. The highest BCUT2D eigenvalue weighted by atomic mass is 16.6. The van der Waals surface area contributed by atoms with Gasteiger partial charge >= 0.3 is 5.97 Å². The molecule has 1 aromatic carbocycles. The van der Waals surface area contributed by atoms with Gasteiger partial charge in [0.25, 0.3) is 11.1 Å². The lowest BCUT2D eigenvalue weighted by Gasteiger charge is -2.24. The first-order chi connectivity index (χ1) is 25.8. The van der Waals surface area contributed by atoms with E-state index in [4.69, 9.17) is 4.63 Å². The molecule has 0 spiro atoms. The summed E-state index contributed by atoms with van der Waals surface area (Å²) in [6.45, 7) is 4.06. The van der Waals surface area contributed by atoms with E-state index in [1.807, 2.05) is 42.3 Å². The average molecular weight is 747 g/mol. The summed E-state index contributed by atoms with van der Waals surface area (Å²) < 4.78 is 6.90. The fourth-order valence-electron chi connectivity index (χ4n) is 5.44. The summed E-state index contributed by atoms with van der Waals surface area (Å²) in [5.74, 6) is -4.21. The number of aryl methyl sites for hydroxylation is 1. The Hall–Kier alpha value is -6.37. The molecular formula is C35H42N10O9. The van der Waals surface area contributed by atoms with Crippen LogP contribution in [0.2, 0.25) is 0 Å². The molecule has 286 valence electrons. The van der Waals surface area contributed by atoms with Crippen molar-refractivity contribution in [2.45, 2.75) is 65.2 Å². The third kappa shape index (κ3) is 10.8. The van der Waals surface area contributed by atoms with Crippen LogP contribution in [0, 0.1) is 6.92 Å². The Morgan fingerprint density at radius 1 is 0.981 bits per heavy atom. The van der Waals surface area contributed by atoms with Crippen LogP contribution in [0.5, 0.6) is 0 Å². The number of nitrogens with zero attached hydrogens (tertiary/aromatic N) is 8. The van der Waals surface area contributed by atoms with Crippen molar-refractivity contribution in [3.63, 3.8) is 0 Å². The number of rotatable bonds is 20. The maximum absolute atomic E-state index is 14.0. The van der Waals surface area contributed by atoms with Crippen molar-refractivity contribution in [2.24, 2.45) is 0 Å². The van der Waals surface area contributed by atoms with Crippen LogP contribution >= 0.6 is 0 Å². The van der Waals surface area contributed by atoms with Gasteiger partial charge in [0.1, 0.15) is 24.0 Å². The van der Waals surface area contributed by atoms with Gasteiger partial charge in [0.15, 0.2) is 11.6 Å². The van der Waals surface area contributed by atoms with Crippen molar-refractivity contribution >= 4 is 41.0 Å². The number of anilines is 2. The van der Waals surface area contributed by atoms with Gasteiger partial charge in [-0.3, -0.25) is 47.9 Å². The molecule has 2 atom stereocenters. The molecular weight excluding hydrogens is 704 g/mol. The van der Waals surface area contributed by atoms with Crippen molar-refractivity contribution in [1.82, 2.24) is 44.9 Å². The van der Waals surface area contributed by atoms with Crippen LogP contribution in [0.15, 0.2) is 69.3 Å². The smallest absolute Gasteiger partial charge is 0.305 e. The highest BCUT2D eigenvalue weighted by Crippen LogP contribution is 2.20. The lowest BCUT2D eigenvalue weighted by molar-refractivity contribution is -0.140. The molecule has 54 heavy (non-hydrogen) atoms. The first-order valence-corrected chi connectivity index (χ1v) is 17.0. The molecule has 2 amide bonds. The first kappa shape index (κ1) is 40.4.